The van der Waals surface area contributed by atoms with E-state index in [1.165, 1.54) is 103 Å². The Morgan fingerprint density at radius 3 is 1.58 bits per heavy atom. The number of phosphoric acid groups is 1. The molecule has 0 bridgehead atoms. The minimum atomic E-state index is -4.28. The van der Waals surface area contributed by atoms with Crippen molar-refractivity contribution >= 4 is 13.8 Å². The smallest absolute Gasteiger partial charge is 0.457 e. The molecule has 8 nitrogen and oxygen atoms in total. The molecule has 0 saturated heterocycles. The molecule has 0 aliphatic rings. The normalized spacial score (nSPS) is 14.2. The Morgan fingerprint density at radius 1 is 0.585 bits per heavy atom. The fourth-order valence-corrected chi connectivity index (χ4v) is 6.54. The predicted molar refractivity (Wildman–Crippen MR) is 224 cm³/mol. The molecule has 0 spiro atoms. The van der Waals surface area contributed by atoms with E-state index in [2.05, 4.69) is 50.3 Å². The zero-order valence-electron chi connectivity index (χ0n) is 35.3. The number of carbonyl (C=O) groups excluding carboxylic acids is 1. The van der Waals surface area contributed by atoms with E-state index in [9.17, 15) is 14.3 Å². The Morgan fingerprint density at radius 2 is 1.04 bits per heavy atom. The maximum absolute atomic E-state index is 12.7. The summed E-state index contributed by atoms with van der Waals surface area (Å²) in [6, 6.07) is 0. The molecule has 1 N–H and O–H groups in total. The van der Waals surface area contributed by atoms with Crippen molar-refractivity contribution in [1.29, 1.82) is 0 Å². The fourth-order valence-electron chi connectivity index (χ4n) is 5.79. The molecule has 312 valence electrons. The van der Waals surface area contributed by atoms with Gasteiger partial charge in [-0.05, 0) is 51.4 Å². The second-order valence-corrected chi connectivity index (χ2v) is 17.2. The van der Waals surface area contributed by atoms with Gasteiger partial charge in [0.25, 0.3) is 0 Å². The average molecular weight is 771 g/mol. The number of esters is 1. The maximum atomic E-state index is 12.7. The molecular formula is C44H85NO7P+. The van der Waals surface area contributed by atoms with Crippen LogP contribution in [-0.2, 0) is 27.9 Å². The number of hydrogen-bond donors (Lipinski definition) is 1. The Labute approximate surface area is 327 Å². The van der Waals surface area contributed by atoms with Crippen LogP contribution in [-0.4, -0.2) is 75.6 Å². The monoisotopic (exact) mass is 771 g/mol. The van der Waals surface area contributed by atoms with Gasteiger partial charge in [-0.25, -0.2) is 4.57 Å². The molecule has 0 amide bonds. The molecule has 0 radical (unpaired) electrons. The molecule has 0 aliphatic heterocycles. The van der Waals surface area contributed by atoms with Crippen molar-refractivity contribution in [2.45, 2.75) is 187 Å². The summed E-state index contributed by atoms with van der Waals surface area (Å²) < 4.78 is 35.0. The molecule has 2 atom stereocenters. The highest BCUT2D eigenvalue weighted by atomic mass is 31.2. The third-order valence-corrected chi connectivity index (χ3v) is 10.2. The van der Waals surface area contributed by atoms with Gasteiger partial charge in [-0.1, -0.05) is 159 Å². The first kappa shape index (κ1) is 51.7. The van der Waals surface area contributed by atoms with Gasteiger partial charge in [-0.2, -0.15) is 0 Å². The molecule has 1 unspecified atom stereocenters. The number of phosphoric ester groups is 1. The van der Waals surface area contributed by atoms with Crippen molar-refractivity contribution in [3.63, 3.8) is 0 Å². The SMILES string of the molecule is CCCCCC=CCC=CCC=CCCCCCCC(=O)O[C@H](COCCCCCCCCCCCCCCCC)COP(=O)(O)OCC[N+](C)(C)C. The summed E-state index contributed by atoms with van der Waals surface area (Å²) in [6.45, 7) is 5.58. The standard InChI is InChI=1S/C44H84NO7P/c1-6-8-10-12-14-16-18-20-22-23-24-25-27-29-31-33-35-37-44(46)52-43(42-51-53(47,48)50-40-38-45(3,4)5)41-49-39-36-34-32-30-28-26-21-19-17-15-13-11-9-7-2/h14,16,20,22,24-25,43H,6-13,15,17-19,21,23,26-42H2,1-5H3/p+1/t43-/m1/s1. The summed E-state index contributed by atoms with van der Waals surface area (Å²) >= 11 is 0. The summed E-state index contributed by atoms with van der Waals surface area (Å²) in [5, 5.41) is 0. The van der Waals surface area contributed by atoms with Crippen LogP contribution in [0.15, 0.2) is 36.5 Å². The van der Waals surface area contributed by atoms with Crippen molar-refractivity contribution in [3.8, 4) is 0 Å². The van der Waals surface area contributed by atoms with Gasteiger partial charge in [0, 0.05) is 13.0 Å². The van der Waals surface area contributed by atoms with E-state index in [-0.39, 0.29) is 25.8 Å². The van der Waals surface area contributed by atoms with Crippen LogP contribution in [0, 0.1) is 0 Å². The zero-order valence-corrected chi connectivity index (χ0v) is 36.1. The van der Waals surface area contributed by atoms with E-state index in [1.54, 1.807) is 0 Å². The Balaban J connectivity index is 4.29. The number of nitrogens with zero attached hydrogens (tertiary/aromatic N) is 1. The first-order chi connectivity index (χ1) is 25.6. The summed E-state index contributed by atoms with van der Waals surface area (Å²) in [6.07, 6.45) is 43.1. The fraction of sp³-hybridized carbons (Fsp3) is 0.841. The number of carbonyl (C=O) groups is 1. The number of likely N-dealkylation sites (N-methyl/N-ethyl adjacent to an activating group) is 1. The summed E-state index contributed by atoms with van der Waals surface area (Å²) in [4.78, 5) is 22.9. The lowest BCUT2D eigenvalue weighted by atomic mass is 10.0. The molecule has 0 heterocycles. The number of allylic oxidation sites excluding steroid dienone is 6. The third kappa shape index (κ3) is 41.7. The van der Waals surface area contributed by atoms with Crippen LogP contribution in [0.25, 0.3) is 0 Å². The second kappa shape index (κ2) is 37.6. The van der Waals surface area contributed by atoms with Gasteiger partial charge in [-0.3, -0.25) is 13.8 Å². The molecule has 0 saturated carbocycles. The minimum absolute atomic E-state index is 0.0846. The van der Waals surface area contributed by atoms with Crippen LogP contribution < -0.4 is 0 Å². The van der Waals surface area contributed by atoms with Gasteiger partial charge in [0.15, 0.2) is 0 Å². The number of ether oxygens (including phenoxy) is 2. The van der Waals surface area contributed by atoms with Gasteiger partial charge in [0.2, 0.25) is 0 Å². The lowest BCUT2D eigenvalue weighted by Crippen LogP contribution is -2.37. The van der Waals surface area contributed by atoms with E-state index in [0.29, 0.717) is 24.1 Å². The first-order valence-corrected chi connectivity index (χ1v) is 23.2. The summed E-state index contributed by atoms with van der Waals surface area (Å²) in [7, 11) is 1.65. The molecule has 0 aromatic heterocycles. The van der Waals surface area contributed by atoms with Gasteiger partial charge in [-0.15, -0.1) is 0 Å². The highest BCUT2D eigenvalue weighted by Crippen LogP contribution is 2.43. The minimum Gasteiger partial charge on any atom is -0.457 e. The first-order valence-electron chi connectivity index (χ1n) is 21.7. The predicted octanol–water partition coefficient (Wildman–Crippen LogP) is 12.6. The molecule has 0 rings (SSSR count). The zero-order chi connectivity index (χ0) is 39.1. The lowest BCUT2D eigenvalue weighted by molar-refractivity contribution is -0.870. The molecule has 0 aromatic carbocycles. The number of hydrogen-bond acceptors (Lipinski definition) is 6. The van der Waals surface area contributed by atoms with E-state index in [1.807, 2.05) is 21.1 Å². The number of unbranched alkanes of at least 4 members (excludes halogenated alkanes) is 20. The van der Waals surface area contributed by atoms with Crippen LogP contribution in [0.1, 0.15) is 181 Å². The highest BCUT2D eigenvalue weighted by Gasteiger charge is 2.26. The summed E-state index contributed by atoms with van der Waals surface area (Å²) in [5.41, 5.74) is 0. The molecule has 9 heteroatoms. The van der Waals surface area contributed by atoms with Crippen molar-refractivity contribution < 1.29 is 37.3 Å². The Hall–Kier alpha value is -1.28. The van der Waals surface area contributed by atoms with Crippen LogP contribution >= 0.6 is 7.82 Å². The van der Waals surface area contributed by atoms with Crippen LogP contribution in [0.5, 0.6) is 0 Å². The topological polar surface area (TPSA) is 91.3 Å². The average Bonchev–Trinajstić information content (AvgIpc) is 3.11. The van der Waals surface area contributed by atoms with Crippen LogP contribution in [0.4, 0.5) is 0 Å². The van der Waals surface area contributed by atoms with Crippen molar-refractivity contribution in [2.24, 2.45) is 0 Å². The van der Waals surface area contributed by atoms with Crippen molar-refractivity contribution in [2.75, 3.05) is 54.1 Å². The van der Waals surface area contributed by atoms with Crippen molar-refractivity contribution in [1.82, 2.24) is 0 Å². The molecule has 0 aromatic rings. The maximum Gasteiger partial charge on any atom is 0.472 e. The molecule has 0 aliphatic carbocycles. The molecule has 0 fully saturated rings. The Bertz CT molecular complexity index is 947. The molecule has 53 heavy (non-hydrogen) atoms. The van der Waals surface area contributed by atoms with Gasteiger partial charge in [0.1, 0.15) is 19.3 Å². The van der Waals surface area contributed by atoms with Gasteiger partial charge >= 0.3 is 13.8 Å². The number of quaternary nitrogens is 1. The van der Waals surface area contributed by atoms with Crippen LogP contribution in [0.3, 0.4) is 0 Å². The van der Waals surface area contributed by atoms with E-state index >= 15 is 0 Å². The Kier molecular flexibility index (Phi) is 36.7. The van der Waals surface area contributed by atoms with E-state index in [0.717, 1.165) is 57.8 Å². The van der Waals surface area contributed by atoms with Crippen molar-refractivity contribution in [3.05, 3.63) is 36.5 Å². The quantitative estimate of drug-likeness (QED) is 0.0218. The third-order valence-electron chi connectivity index (χ3n) is 9.20. The largest absolute Gasteiger partial charge is 0.472 e. The number of rotatable bonds is 40. The van der Waals surface area contributed by atoms with Crippen LogP contribution in [0.2, 0.25) is 0 Å². The molecular weight excluding hydrogens is 685 g/mol. The summed E-state index contributed by atoms with van der Waals surface area (Å²) in [5.74, 6) is -0.333. The van der Waals surface area contributed by atoms with Gasteiger partial charge < -0.3 is 18.9 Å². The lowest BCUT2D eigenvalue weighted by Gasteiger charge is -2.24. The van der Waals surface area contributed by atoms with E-state index < -0.39 is 13.9 Å². The van der Waals surface area contributed by atoms with Gasteiger partial charge in [0.05, 0.1) is 34.4 Å². The second-order valence-electron chi connectivity index (χ2n) is 15.7. The highest BCUT2D eigenvalue weighted by molar-refractivity contribution is 7.47. The van der Waals surface area contributed by atoms with E-state index in [4.69, 9.17) is 18.5 Å².